The van der Waals surface area contributed by atoms with Crippen LogP contribution in [-0.4, -0.2) is 201 Å². The lowest BCUT2D eigenvalue weighted by molar-refractivity contribution is -0.141. The Labute approximate surface area is 687 Å². The van der Waals surface area contributed by atoms with Gasteiger partial charge in [0.05, 0.1) is 18.1 Å². The number of ether oxygens (including phenoxy) is 3. The molecule has 0 saturated heterocycles. The molecule has 12 rings (SSSR count). The van der Waals surface area contributed by atoms with Gasteiger partial charge in [-0.3, -0.25) is 43.2 Å². The fraction of sp³-hybridized carbons (Fsp3) is 0.505. The van der Waals surface area contributed by atoms with E-state index in [-0.39, 0.29) is 108 Å². The van der Waals surface area contributed by atoms with Gasteiger partial charge in [-0.2, -0.15) is 0 Å². The normalized spacial score (nSPS) is 25.9. The Morgan fingerprint density at radius 1 is 0.350 bits per heavy atom. The molecule has 0 bridgehead atoms. The summed E-state index contributed by atoms with van der Waals surface area (Å²) in [5.74, 6) is -0.164. The number of nitrogens with one attached hydrogen (secondary N) is 9. The maximum atomic E-state index is 13.5. The summed E-state index contributed by atoms with van der Waals surface area (Å²) < 4.78 is 45.6. The number of benzene rings is 6. The molecule has 3 saturated carbocycles. The average Bonchev–Trinajstić information content (AvgIpc) is 1.71. The van der Waals surface area contributed by atoms with Crippen molar-refractivity contribution in [1.29, 1.82) is 0 Å². The van der Waals surface area contributed by atoms with E-state index in [1.54, 1.807) is 66.2 Å². The van der Waals surface area contributed by atoms with Gasteiger partial charge >= 0.3 is 0 Å². The van der Waals surface area contributed by atoms with Gasteiger partial charge < -0.3 is 76.8 Å². The quantitative estimate of drug-likeness (QED) is 0.0663. The molecule has 0 aromatic heterocycles. The third-order valence-corrected chi connectivity index (χ3v) is 22.7. The van der Waals surface area contributed by atoms with E-state index >= 15 is 0 Å². The first-order valence-corrected chi connectivity index (χ1v) is 41.7. The van der Waals surface area contributed by atoms with Crippen LogP contribution < -0.4 is 62.1 Å². The van der Waals surface area contributed by atoms with E-state index in [4.69, 9.17) is 14.2 Å². The molecule has 6 aromatic carbocycles. The summed E-state index contributed by atoms with van der Waals surface area (Å²) in [4.78, 5) is 124. The summed E-state index contributed by atoms with van der Waals surface area (Å²) in [5.41, 5.74) is 6.68. The molecule has 12 atom stereocenters. The van der Waals surface area contributed by atoms with Gasteiger partial charge in [-0.1, -0.05) is 109 Å². The van der Waals surface area contributed by atoms with Gasteiger partial charge in [0, 0.05) is 79.7 Å². The Balaban J connectivity index is 0.000000185. The first kappa shape index (κ1) is 89.0. The molecular formula is C91H120F2N12O12. The van der Waals surface area contributed by atoms with Gasteiger partial charge in [-0.25, -0.2) is 8.78 Å². The Morgan fingerprint density at radius 3 is 0.872 bits per heavy atom. The van der Waals surface area contributed by atoms with Crippen LogP contribution in [0.2, 0.25) is 0 Å². The summed E-state index contributed by atoms with van der Waals surface area (Å²) in [7, 11) is 4.90. The molecule has 9 N–H and O–H groups in total. The second-order valence-electron chi connectivity index (χ2n) is 32.4. The van der Waals surface area contributed by atoms with Gasteiger partial charge in [-0.15, -0.1) is 0 Å². The molecule has 6 aliphatic rings. The van der Waals surface area contributed by atoms with E-state index in [1.165, 1.54) is 39.0 Å². The molecule has 117 heavy (non-hydrogen) atoms. The lowest BCUT2D eigenvalue weighted by Crippen LogP contribution is -2.57. The minimum absolute atomic E-state index is 0.117. The average molecular weight is 1610 g/mol. The summed E-state index contributed by atoms with van der Waals surface area (Å²) >= 11 is 0. The lowest BCUT2D eigenvalue weighted by atomic mass is 10.0. The fourth-order valence-corrected chi connectivity index (χ4v) is 14.6. The zero-order valence-electron chi connectivity index (χ0n) is 69.4. The molecule has 6 aromatic rings. The molecule has 0 radical (unpaired) electrons. The van der Waals surface area contributed by atoms with Gasteiger partial charge in [0.1, 0.15) is 83.4 Å². The van der Waals surface area contributed by atoms with Crippen molar-refractivity contribution in [2.45, 2.75) is 217 Å². The van der Waals surface area contributed by atoms with E-state index in [2.05, 4.69) is 47.9 Å². The highest BCUT2D eigenvalue weighted by Crippen LogP contribution is 2.36. The van der Waals surface area contributed by atoms with Crippen LogP contribution >= 0.6 is 0 Å². The minimum atomic E-state index is -0.873. The van der Waals surface area contributed by atoms with Crippen molar-refractivity contribution in [2.24, 2.45) is 17.8 Å². The fourth-order valence-electron chi connectivity index (χ4n) is 14.6. The Morgan fingerprint density at radius 2 is 0.607 bits per heavy atom. The molecule has 630 valence electrons. The molecule has 1 unspecified atom stereocenters. The minimum Gasteiger partial charge on any atom is -0.489 e. The van der Waals surface area contributed by atoms with Crippen molar-refractivity contribution >= 4 is 53.2 Å². The maximum absolute atomic E-state index is 13.5. The predicted molar refractivity (Wildman–Crippen MR) is 445 cm³/mol. The van der Waals surface area contributed by atoms with E-state index in [0.29, 0.717) is 82.5 Å². The second kappa shape index (κ2) is 43.2. The Bertz CT molecular complexity index is 3890. The van der Waals surface area contributed by atoms with Crippen LogP contribution in [0.4, 0.5) is 8.78 Å². The first-order valence-electron chi connectivity index (χ1n) is 41.7. The summed E-state index contributed by atoms with van der Waals surface area (Å²) in [6.45, 7) is 15.8. The van der Waals surface area contributed by atoms with Crippen LogP contribution in [0, 0.1) is 36.3 Å². The number of amides is 9. The molecule has 3 aliphatic heterocycles. The molecule has 0 spiro atoms. The van der Waals surface area contributed by atoms with E-state index in [0.717, 1.165) is 96.4 Å². The van der Waals surface area contributed by atoms with E-state index < -0.39 is 60.1 Å². The summed E-state index contributed by atoms with van der Waals surface area (Å²) in [6.07, 6.45) is 10.3. The molecular weight excluding hydrogens is 1490 g/mol. The van der Waals surface area contributed by atoms with Crippen LogP contribution in [-0.2, 0) is 81.7 Å². The zero-order chi connectivity index (χ0) is 83.8. The monoisotopic (exact) mass is 1610 g/mol. The topological polar surface area (TPSA) is 299 Å². The predicted octanol–water partition coefficient (Wildman–Crippen LogP) is 7.96. The van der Waals surface area contributed by atoms with Crippen LogP contribution in [0.1, 0.15) is 138 Å². The Kier molecular flexibility index (Phi) is 32.9. The third-order valence-electron chi connectivity index (χ3n) is 22.7. The zero-order valence-corrected chi connectivity index (χ0v) is 69.4. The number of nitrogens with zero attached hydrogens (tertiary/aromatic N) is 3. The van der Waals surface area contributed by atoms with Crippen molar-refractivity contribution in [3.63, 3.8) is 0 Å². The molecule has 3 heterocycles. The third kappa shape index (κ3) is 26.9. The van der Waals surface area contributed by atoms with Gasteiger partial charge in [0.25, 0.3) is 0 Å². The van der Waals surface area contributed by atoms with Crippen molar-refractivity contribution in [1.82, 2.24) is 62.6 Å². The van der Waals surface area contributed by atoms with Crippen LogP contribution in [0.15, 0.2) is 146 Å². The molecule has 9 amide bonds. The van der Waals surface area contributed by atoms with Crippen molar-refractivity contribution in [3.05, 3.63) is 196 Å². The second-order valence-corrected chi connectivity index (χ2v) is 32.4. The van der Waals surface area contributed by atoms with E-state index in [1.807, 2.05) is 125 Å². The van der Waals surface area contributed by atoms with Crippen molar-refractivity contribution in [2.75, 3.05) is 60.4 Å². The number of fused-ring (bicyclic) bond motifs is 3. The van der Waals surface area contributed by atoms with Gasteiger partial charge in [0.2, 0.25) is 53.2 Å². The number of aryl methyl sites for hydroxylation is 4. The van der Waals surface area contributed by atoms with Crippen LogP contribution in [0.3, 0.4) is 0 Å². The molecule has 3 aliphatic carbocycles. The lowest BCUT2D eigenvalue weighted by Gasteiger charge is -2.31. The maximum Gasteiger partial charge on any atom is 0.243 e. The number of rotatable bonds is 9. The van der Waals surface area contributed by atoms with Gasteiger partial charge in [0.15, 0.2) is 0 Å². The number of carbonyl (C=O) groups is 9. The summed E-state index contributed by atoms with van der Waals surface area (Å²) in [6, 6.07) is 37.3. The first-order chi connectivity index (χ1) is 56.2. The number of para-hydroxylation sites is 3. The number of carbonyl (C=O) groups excluding carboxylic acids is 9. The number of hydrogen-bond acceptors (Lipinski definition) is 15. The highest BCUT2D eigenvalue weighted by molar-refractivity contribution is 5.95. The molecule has 3 fully saturated rings. The summed E-state index contributed by atoms with van der Waals surface area (Å²) in [5, 5.41) is 27.7. The molecule has 24 nitrogen and oxygen atoms in total. The molecule has 26 heteroatoms. The van der Waals surface area contributed by atoms with Crippen LogP contribution in [0.25, 0.3) is 0 Å². The van der Waals surface area contributed by atoms with Crippen molar-refractivity contribution in [3.8, 4) is 17.2 Å². The largest absolute Gasteiger partial charge is 0.489 e. The highest BCUT2D eigenvalue weighted by Gasteiger charge is 2.43. The number of halogens is 2. The highest BCUT2D eigenvalue weighted by atomic mass is 19.1. The standard InChI is InChI=1S/C31H42N4O4.2C30H39FN4O4/c1-20-11-13-23(14-12-20)18-26-30(37)32-17-7-9-24-8-5-6-10-27(24)39-21(2)19-33-28(25-15-16-25)31(38)35(4)22(3)29(36)34-26;2*1-19-18-33-27(23-12-13-23)30(38)35(3)20(2)28(36)34-25(17-21-10-14-24(31)15-11-21)29(37)32-16-6-8-22-7-4-5-9-26(22)39-19/h5-6,8,10-14,21-22,25-26,28,33H,7,9,15-19H2,1-4H3,(H,32,37)(H,34,36);2*4-5,7,9-11,14-15,19-20,23,25,27,33H,6,8,12-13,16-18H2,1-3H3,(H,32,37)(H,34,36)/t21-,22+,26+,28-;19?,20-,25-,27+;19-,20-,25-,27+/m011/s1. The number of likely N-dealkylation sites (N-methyl/N-ethyl adjacent to an activating group) is 3. The van der Waals surface area contributed by atoms with Crippen molar-refractivity contribution < 1.29 is 66.1 Å². The number of hydrogen-bond donors (Lipinski definition) is 9. The van der Waals surface area contributed by atoms with Gasteiger partial charge in [-0.05, 0) is 219 Å². The van der Waals surface area contributed by atoms with Crippen LogP contribution in [0.5, 0.6) is 17.2 Å². The SMILES string of the molecule is CC1CN[C@@H](C2CC2)C(=O)N(C)[C@H](C)C(=O)N[C@H](Cc2ccc(F)cc2)C(=O)NCCCc2ccccc2O1.C[C@@H]1CN[C@@H](C2CC2)C(=O)N(C)[C@H](C)C(=O)N[C@H](Cc2ccc(F)cc2)C(=O)NCCCc2ccccc2O1.Cc1ccc(C[C@H]2NC(=O)[C@@H](C)N(C)C(=O)[C@H](C3CC3)NC[C@H](C)Oc3ccccc3CCCNC2=O)cc1. The smallest absolute Gasteiger partial charge is 0.243 e. The Hall–Kier alpha value is -10.3. The van der Waals surface area contributed by atoms with E-state index in [9.17, 15) is 51.9 Å².